The summed E-state index contributed by atoms with van der Waals surface area (Å²) in [6.07, 6.45) is 0.859. The molecule has 1 amide bonds. The molecule has 1 aromatic rings. The molecule has 0 unspecified atom stereocenters. The predicted molar refractivity (Wildman–Crippen MR) is 87.8 cm³/mol. The van der Waals surface area contributed by atoms with Crippen molar-refractivity contribution in [2.45, 2.75) is 51.2 Å². The van der Waals surface area contributed by atoms with E-state index in [4.69, 9.17) is 16.3 Å². The van der Waals surface area contributed by atoms with Crippen LogP contribution in [0.3, 0.4) is 0 Å². The molecule has 1 heterocycles. The molecule has 0 spiro atoms. The maximum absolute atomic E-state index is 12.4. The summed E-state index contributed by atoms with van der Waals surface area (Å²) >= 11 is 5.90. The highest BCUT2D eigenvalue weighted by Crippen LogP contribution is 2.34. The molecule has 5 nitrogen and oxygen atoms in total. The number of likely N-dealkylation sites (tertiary alicyclic amines) is 1. The van der Waals surface area contributed by atoms with Crippen LogP contribution >= 0.6 is 11.6 Å². The number of benzene rings is 1. The summed E-state index contributed by atoms with van der Waals surface area (Å²) in [5.41, 5.74) is 0.211. The molecule has 0 bridgehead atoms. The van der Waals surface area contributed by atoms with Crippen LogP contribution in [0.5, 0.6) is 0 Å². The van der Waals surface area contributed by atoms with Gasteiger partial charge in [0.1, 0.15) is 11.6 Å². The summed E-state index contributed by atoms with van der Waals surface area (Å²) < 4.78 is 5.36. The molecular weight excluding hydrogens is 318 g/mol. The number of hydrogen-bond acceptors (Lipinski definition) is 3. The van der Waals surface area contributed by atoms with Crippen LogP contribution in [0.1, 0.15) is 45.1 Å². The van der Waals surface area contributed by atoms with E-state index in [1.807, 2.05) is 12.1 Å². The average molecular weight is 340 g/mol. The predicted octanol–water partition coefficient (Wildman–Crippen LogP) is 3.91. The third-order valence-corrected chi connectivity index (χ3v) is 4.06. The van der Waals surface area contributed by atoms with Crippen LogP contribution in [0, 0.1) is 0 Å². The van der Waals surface area contributed by atoms with Crippen LogP contribution in [-0.4, -0.2) is 40.3 Å². The van der Waals surface area contributed by atoms with Crippen molar-refractivity contribution in [3.8, 4) is 0 Å². The highest BCUT2D eigenvalue weighted by Gasteiger charge is 2.41. The largest absolute Gasteiger partial charge is 0.480 e. The molecule has 6 heteroatoms. The first-order chi connectivity index (χ1) is 10.7. The number of ether oxygens (including phenoxy) is 1. The van der Waals surface area contributed by atoms with Crippen molar-refractivity contribution in [3.05, 3.63) is 34.9 Å². The molecule has 0 radical (unpaired) electrons. The molecule has 126 valence electrons. The van der Waals surface area contributed by atoms with Gasteiger partial charge in [0.2, 0.25) is 0 Å². The van der Waals surface area contributed by atoms with E-state index in [2.05, 4.69) is 0 Å². The summed E-state index contributed by atoms with van der Waals surface area (Å²) in [6, 6.07) is 6.19. The number of rotatable bonds is 2. The Morgan fingerprint density at radius 3 is 2.39 bits per heavy atom. The lowest BCUT2D eigenvalue weighted by Crippen LogP contribution is -2.53. The Labute approximate surface area is 141 Å². The number of carbonyl (C=O) groups is 2. The minimum Gasteiger partial charge on any atom is -0.480 e. The van der Waals surface area contributed by atoms with E-state index in [1.54, 1.807) is 32.9 Å². The summed E-state index contributed by atoms with van der Waals surface area (Å²) in [7, 11) is 0. The Hall–Kier alpha value is -1.75. The van der Waals surface area contributed by atoms with E-state index in [-0.39, 0.29) is 5.92 Å². The van der Waals surface area contributed by atoms with Gasteiger partial charge < -0.3 is 9.84 Å². The van der Waals surface area contributed by atoms with E-state index in [0.29, 0.717) is 18.0 Å². The monoisotopic (exact) mass is 339 g/mol. The molecule has 0 saturated carbocycles. The number of aliphatic carboxylic acids is 1. The van der Waals surface area contributed by atoms with Gasteiger partial charge in [-0.1, -0.05) is 23.7 Å². The van der Waals surface area contributed by atoms with Crippen LogP contribution in [0.4, 0.5) is 4.79 Å². The summed E-state index contributed by atoms with van der Waals surface area (Å²) in [4.78, 5) is 25.5. The lowest BCUT2D eigenvalue weighted by Gasteiger charge is -2.39. The van der Waals surface area contributed by atoms with Crippen molar-refractivity contribution in [2.75, 3.05) is 6.54 Å². The topological polar surface area (TPSA) is 66.8 Å². The van der Waals surface area contributed by atoms with Gasteiger partial charge in [-0.05, 0) is 51.3 Å². The third-order valence-electron chi connectivity index (χ3n) is 3.81. The molecule has 2 atom stereocenters. The van der Waals surface area contributed by atoms with E-state index < -0.39 is 23.7 Å². The Balaban J connectivity index is 2.28. The molecule has 1 saturated heterocycles. The normalized spacial score (nSPS) is 21.8. The number of amides is 1. The molecule has 2 rings (SSSR count). The van der Waals surface area contributed by atoms with Gasteiger partial charge in [0, 0.05) is 17.5 Å². The van der Waals surface area contributed by atoms with Crippen molar-refractivity contribution in [1.29, 1.82) is 0 Å². The first-order valence-electron chi connectivity index (χ1n) is 7.67. The van der Waals surface area contributed by atoms with Gasteiger partial charge in [-0.25, -0.2) is 9.59 Å². The van der Waals surface area contributed by atoms with Crippen LogP contribution in [0.25, 0.3) is 0 Å². The standard InChI is InChI=1S/C17H22ClNO4/c1-17(2,3)23-16(22)19-10-4-5-13(14(19)15(20)21)11-6-8-12(18)9-7-11/h6-9,13-14H,4-5,10H2,1-3H3,(H,20,21)/t13-,14-/m1/s1. The fourth-order valence-electron chi connectivity index (χ4n) is 2.89. The van der Waals surface area contributed by atoms with Crippen molar-refractivity contribution >= 4 is 23.7 Å². The fourth-order valence-corrected chi connectivity index (χ4v) is 3.01. The van der Waals surface area contributed by atoms with Crippen molar-refractivity contribution < 1.29 is 19.4 Å². The molecule has 1 aliphatic rings. The van der Waals surface area contributed by atoms with Gasteiger partial charge in [-0.3, -0.25) is 4.90 Å². The lowest BCUT2D eigenvalue weighted by atomic mass is 9.83. The number of carboxylic acids is 1. The molecule has 0 aliphatic carbocycles. The van der Waals surface area contributed by atoms with Gasteiger partial charge in [-0.15, -0.1) is 0 Å². The van der Waals surface area contributed by atoms with Crippen LogP contribution in [-0.2, 0) is 9.53 Å². The number of halogens is 1. The highest BCUT2D eigenvalue weighted by molar-refractivity contribution is 6.30. The van der Waals surface area contributed by atoms with E-state index >= 15 is 0 Å². The van der Waals surface area contributed by atoms with Crippen LogP contribution < -0.4 is 0 Å². The second-order valence-corrected chi connectivity index (χ2v) is 7.19. The van der Waals surface area contributed by atoms with E-state index in [1.165, 1.54) is 4.90 Å². The maximum atomic E-state index is 12.4. The Morgan fingerprint density at radius 1 is 1.26 bits per heavy atom. The third kappa shape index (κ3) is 4.38. The Morgan fingerprint density at radius 2 is 1.87 bits per heavy atom. The summed E-state index contributed by atoms with van der Waals surface area (Å²) in [6.45, 7) is 5.68. The molecule has 1 N–H and O–H groups in total. The zero-order valence-electron chi connectivity index (χ0n) is 13.6. The van der Waals surface area contributed by atoms with Crippen molar-refractivity contribution in [2.24, 2.45) is 0 Å². The Bertz CT molecular complexity index is 579. The average Bonchev–Trinajstić information content (AvgIpc) is 2.45. The van der Waals surface area contributed by atoms with Crippen molar-refractivity contribution in [3.63, 3.8) is 0 Å². The summed E-state index contributed by atoms with van der Waals surface area (Å²) in [5, 5.41) is 10.3. The Kier molecular flexibility index (Phi) is 5.19. The van der Waals surface area contributed by atoms with Gasteiger partial charge in [0.05, 0.1) is 0 Å². The highest BCUT2D eigenvalue weighted by atomic mass is 35.5. The van der Waals surface area contributed by atoms with Gasteiger partial charge in [0.25, 0.3) is 0 Å². The summed E-state index contributed by atoms with van der Waals surface area (Å²) in [5.74, 6) is -1.29. The minimum atomic E-state index is -1.02. The molecular formula is C17H22ClNO4. The van der Waals surface area contributed by atoms with Crippen LogP contribution in [0.2, 0.25) is 5.02 Å². The first kappa shape index (κ1) is 17.6. The number of piperidine rings is 1. The lowest BCUT2D eigenvalue weighted by molar-refractivity contribution is -0.145. The second-order valence-electron chi connectivity index (χ2n) is 6.76. The SMILES string of the molecule is CC(C)(C)OC(=O)N1CCC[C@H](c2ccc(Cl)cc2)[C@@H]1C(=O)O. The fraction of sp³-hybridized carbons (Fsp3) is 0.529. The van der Waals surface area contributed by atoms with Gasteiger partial charge in [0.15, 0.2) is 0 Å². The van der Waals surface area contributed by atoms with Gasteiger partial charge >= 0.3 is 12.1 Å². The van der Waals surface area contributed by atoms with E-state index in [0.717, 1.165) is 12.0 Å². The van der Waals surface area contributed by atoms with E-state index in [9.17, 15) is 14.7 Å². The zero-order chi connectivity index (χ0) is 17.2. The van der Waals surface area contributed by atoms with Crippen molar-refractivity contribution in [1.82, 2.24) is 4.90 Å². The molecule has 0 aromatic heterocycles. The quantitative estimate of drug-likeness (QED) is 0.887. The maximum Gasteiger partial charge on any atom is 0.411 e. The second kappa shape index (κ2) is 6.79. The minimum absolute atomic E-state index is 0.272. The number of carboxylic acid groups (broad SMARTS) is 1. The zero-order valence-corrected chi connectivity index (χ0v) is 14.3. The first-order valence-corrected chi connectivity index (χ1v) is 8.05. The number of nitrogens with zero attached hydrogens (tertiary/aromatic N) is 1. The molecule has 1 aliphatic heterocycles. The molecule has 1 aromatic carbocycles. The van der Waals surface area contributed by atoms with Gasteiger partial charge in [-0.2, -0.15) is 0 Å². The van der Waals surface area contributed by atoms with Crippen LogP contribution in [0.15, 0.2) is 24.3 Å². The number of hydrogen-bond donors (Lipinski definition) is 1. The molecule has 23 heavy (non-hydrogen) atoms. The smallest absolute Gasteiger partial charge is 0.411 e. The molecule has 1 fully saturated rings. The number of carbonyl (C=O) groups excluding carboxylic acids is 1.